The molecular weight excluding hydrogens is 901 g/mol. The van der Waals surface area contributed by atoms with Gasteiger partial charge in [-0.2, -0.15) is 0 Å². The van der Waals surface area contributed by atoms with E-state index in [1.807, 2.05) is 0 Å². The molecule has 0 N–H and O–H groups in total. The summed E-state index contributed by atoms with van der Waals surface area (Å²) in [6, 6.07) is 20.2. The standard InChI is InChI=1S/C52H44N4O.Tl/c57-56-51-27-49-41-21-33-13-5-3-11-31(33)19-39(41)47(54-49)25-45-37-17-29-9-1-2-10-30(29)18-38(37)46(53-45)26-48-40-20-32-12-4-6-14-34(32)22-42(40)50(55-48)28-52(56)44-24-36-16-8-7-15-35(36)23-43(44)51;/h17-28H,1-16H2;/q-2;+2. The molecule has 0 unspecified atom stereocenters. The molecule has 2 aromatic heterocycles. The van der Waals surface area contributed by atoms with Crippen LogP contribution in [0.25, 0.3) is 57.2 Å². The van der Waals surface area contributed by atoms with Crippen LogP contribution in [0, 0.1) is 0 Å². The number of rotatable bonds is 0. The molecule has 4 aliphatic carbocycles. The van der Waals surface area contributed by atoms with E-state index in [0.717, 1.165) is 84.9 Å². The summed E-state index contributed by atoms with van der Waals surface area (Å²) in [5.74, 6) is 0. The Bertz CT molecular complexity index is 2980. The fraction of sp³-hybridized carbons (Fsp3) is 0.308. The zero-order chi connectivity index (χ0) is 37.6. The van der Waals surface area contributed by atoms with Crippen LogP contribution in [0.4, 0.5) is 0 Å². The van der Waals surface area contributed by atoms with E-state index in [4.69, 9.17) is 12.8 Å². The second-order valence-corrected chi connectivity index (χ2v) is 21.9. The van der Waals surface area contributed by atoms with Gasteiger partial charge < -0.3 is 0 Å². The molecule has 0 fully saturated rings. The molecule has 0 saturated heterocycles. The average molecular weight is 945 g/mol. The molecule has 0 amide bonds. The second-order valence-electron chi connectivity index (χ2n) is 18.3. The Hall–Kier alpha value is -4.76. The van der Waals surface area contributed by atoms with Gasteiger partial charge in [0, 0.05) is 0 Å². The number of nitrogens with zero attached hydrogens (tertiary/aromatic N) is 4. The fourth-order valence-electron chi connectivity index (χ4n) is 11.9. The van der Waals surface area contributed by atoms with Gasteiger partial charge in [-0.3, -0.25) is 0 Å². The van der Waals surface area contributed by atoms with Crippen LogP contribution >= 0.6 is 0 Å². The first kappa shape index (κ1) is 33.1. The molecule has 6 heteroatoms. The Kier molecular flexibility index (Phi) is 7.07. The van der Waals surface area contributed by atoms with Gasteiger partial charge in [0.25, 0.3) is 0 Å². The molecule has 0 spiro atoms. The summed E-state index contributed by atoms with van der Waals surface area (Å²) >= 11 is -2.31. The van der Waals surface area contributed by atoms with Gasteiger partial charge in [-0.1, -0.05) is 0 Å². The van der Waals surface area contributed by atoms with Crippen molar-refractivity contribution in [2.75, 3.05) is 0 Å². The molecule has 6 aromatic rings. The van der Waals surface area contributed by atoms with E-state index in [-0.39, 0.29) is 0 Å². The molecule has 4 aliphatic heterocycles. The molecule has 281 valence electrons. The molecule has 6 heterocycles. The van der Waals surface area contributed by atoms with E-state index in [0.29, 0.717) is 0 Å². The summed E-state index contributed by atoms with van der Waals surface area (Å²) in [7, 11) is 0. The quantitative estimate of drug-likeness (QED) is 0.141. The summed E-state index contributed by atoms with van der Waals surface area (Å²) in [5.41, 5.74) is 24.0. The van der Waals surface area contributed by atoms with Crippen LogP contribution in [0.3, 0.4) is 0 Å². The zero-order valence-electron chi connectivity index (χ0n) is 33.0. The number of fused-ring (bicyclic) bond motifs is 19. The maximum atomic E-state index is 7.53. The van der Waals surface area contributed by atoms with Crippen LogP contribution in [-0.2, 0) is 51.4 Å². The molecule has 6 bridgehead atoms. The SMILES string of the molecule is C1=C2N=C(C=c3c4cc5c(cc4c4n3[O][Tl][n]3c1c1cc6c(cc1c3C=C1N=C(C=4)c3cc4c(cc31)CCCC4)CCCC6)CCCC5)c1cc3c(cc12)CCCC3. The second kappa shape index (κ2) is 12.4. The Labute approximate surface area is 351 Å². The number of benzene rings is 4. The molecule has 5 nitrogen and oxygen atoms in total. The van der Waals surface area contributed by atoms with Crippen molar-refractivity contribution in [2.24, 2.45) is 9.98 Å². The van der Waals surface area contributed by atoms with E-state index in [2.05, 4.69) is 79.9 Å². The third-order valence-electron chi connectivity index (χ3n) is 14.9. The van der Waals surface area contributed by atoms with Crippen molar-refractivity contribution in [3.8, 4) is 0 Å². The molecular formula is C52H44N4OTl. The van der Waals surface area contributed by atoms with Gasteiger partial charge in [-0.15, -0.1) is 0 Å². The number of aryl methyl sites for hydroxylation is 8. The summed E-state index contributed by atoms with van der Waals surface area (Å²) in [4.78, 5) is 11.3. The van der Waals surface area contributed by atoms with Gasteiger partial charge in [-0.05, 0) is 0 Å². The van der Waals surface area contributed by atoms with Crippen LogP contribution < -0.4 is 13.5 Å². The van der Waals surface area contributed by atoms with Crippen LogP contribution in [0.15, 0.2) is 58.5 Å². The maximum absolute atomic E-state index is 7.53. The number of hydrogen-bond acceptors (Lipinski definition) is 3. The van der Waals surface area contributed by atoms with Gasteiger partial charge >= 0.3 is 354 Å². The van der Waals surface area contributed by atoms with Crippen molar-refractivity contribution in [3.05, 3.63) is 137 Å². The van der Waals surface area contributed by atoms with Crippen LogP contribution in [0.1, 0.15) is 130 Å². The number of hydrogen-bond donors (Lipinski definition) is 0. The van der Waals surface area contributed by atoms with E-state index >= 15 is 0 Å². The first-order valence-corrected chi connectivity index (χ1v) is 26.1. The van der Waals surface area contributed by atoms with Gasteiger partial charge in [-0.25, -0.2) is 0 Å². The van der Waals surface area contributed by atoms with Crippen molar-refractivity contribution in [1.82, 2.24) is 7.11 Å². The first-order valence-electron chi connectivity index (χ1n) is 22.2. The van der Waals surface area contributed by atoms with E-state index < -0.39 is 25.0 Å². The average Bonchev–Trinajstić information content (AvgIpc) is 3.93. The third kappa shape index (κ3) is 4.80. The number of aliphatic imine (C=N–C) groups is 2. The summed E-state index contributed by atoms with van der Waals surface area (Å²) in [6.45, 7) is 0. The molecule has 0 radical (unpaired) electrons. The molecule has 14 rings (SSSR count). The summed E-state index contributed by atoms with van der Waals surface area (Å²) in [6.07, 6.45) is 29.0. The molecule has 8 aliphatic rings. The molecule has 4 aromatic carbocycles. The third-order valence-corrected chi connectivity index (χ3v) is 19.1. The fourth-order valence-corrected chi connectivity index (χ4v) is 16.1. The Morgan fingerprint density at radius 1 is 0.397 bits per heavy atom. The van der Waals surface area contributed by atoms with Crippen LogP contribution in [-0.4, -0.2) is 43.5 Å². The Morgan fingerprint density at radius 3 is 1.14 bits per heavy atom. The van der Waals surface area contributed by atoms with Crippen LogP contribution in [0.5, 0.6) is 0 Å². The minimum atomic E-state index is -2.31. The Morgan fingerprint density at radius 2 is 0.741 bits per heavy atom. The topological polar surface area (TPSA) is 43.8 Å². The minimum absolute atomic E-state index is 1.06. The zero-order valence-corrected chi connectivity index (χ0v) is 37.5. The Balaban J connectivity index is 1.15. The van der Waals surface area contributed by atoms with Gasteiger partial charge in [0.05, 0.1) is 0 Å². The molecule has 58 heavy (non-hydrogen) atoms. The summed E-state index contributed by atoms with van der Waals surface area (Å²) in [5, 5.41) is 7.49. The van der Waals surface area contributed by atoms with Crippen molar-refractivity contribution < 1.29 is 2.79 Å². The van der Waals surface area contributed by atoms with Crippen molar-refractivity contribution >= 4 is 93.7 Å². The van der Waals surface area contributed by atoms with Crippen molar-refractivity contribution in [3.63, 3.8) is 0 Å². The van der Waals surface area contributed by atoms with E-state index in [9.17, 15) is 0 Å². The van der Waals surface area contributed by atoms with E-state index in [1.54, 1.807) is 0 Å². The molecule has 0 saturated carbocycles. The normalized spacial score (nSPS) is 19.1. The van der Waals surface area contributed by atoms with Crippen molar-refractivity contribution in [2.45, 2.75) is 103 Å². The van der Waals surface area contributed by atoms with Gasteiger partial charge in [0.2, 0.25) is 0 Å². The number of aromatic nitrogens is 2. The van der Waals surface area contributed by atoms with Gasteiger partial charge in [0.15, 0.2) is 0 Å². The monoisotopic (exact) mass is 945 g/mol. The van der Waals surface area contributed by atoms with Crippen LogP contribution in [0.2, 0.25) is 0 Å². The predicted molar refractivity (Wildman–Crippen MR) is 238 cm³/mol. The van der Waals surface area contributed by atoms with E-state index in [1.165, 1.54) is 151 Å². The first-order chi connectivity index (χ1) is 28.7. The molecule has 0 atom stereocenters. The van der Waals surface area contributed by atoms with Crippen molar-refractivity contribution in [1.29, 1.82) is 0 Å². The van der Waals surface area contributed by atoms with Gasteiger partial charge in [0.1, 0.15) is 0 Å². The predicted octanol–water partition coefficient (Wildman–Crippen LogP) is 8.81. The summed E-state index contributed by atoms with van der Waals surface area (Å²) < 4.78 is 12.5.